The van der Waals surface area contributed by atoms with Gasteiger partial charge in [0.05, 0.1) is 36.9 Å². The number of hydrogen-bond donors (Lipinski definition) is 2. The summed E-state index contributed by atoms with van der Waals surface area (Å²) in [6.07, 6.45) is 3.36. The summed E-state index contributed by atoms with van der Waals surface area (Å²) in [5.41, 5.74) is 3.38. The number of nitrogens with zero attached hydrogens (tertiary/aromatic N) is 4. The van der Waals surface area contributed by atoms with E-state index in [0.29, 0.717) is 71.6 Å². The van der Waals surface area contributed by atoms with Crippen LogP contribution in [0.5, 0.6) is 11.5 Å². The number of nitrogens with one attached hydrogen (secondary N) is 1. The van der Waals surface area contributed by atoms with Crippen LogP contribution < -0.4 is 14.8 Å². The Morgan fingerprint density at radius 3 is 2.50 bits per heavy atom. The number of benzene rings is 1. The molecular weight excluding hydrogens is 602 g/mol. The average molecular weight is 652 g/mol. The minimum absolute atomic E-state index is 0.232. The monoisotopic (exact) mass is 651 g/mol. The van der Waals surface area contributed by atoms with Crippen molar-refractivity contribution in [1.29, 1.82) is 0 Å². The third-order valence-corrected chi connectivity index (χ3v) is 10.7. The van der Waals surface area contributed by atoms with E-state index in [4.69, 9.17) is 19.2 Å². The lowest BCUT2D eigenvalue weighted by atomic mass is 9.82. The fraction of sp³-hybridized carbons (Fsp3) is 0.588. The Morgan fingerprint density at radius 1 is 1.13 bits per heavy atom. The van der Waals surface area contributed by atoms with Gasteiger partial charge in [-0.15, -0.1) is 0 Å². The van der Waals surface area contributed by atoms with Gasteiger partial charge < -0.3 is 34.1 Å². The second kappa shape index (κ2) is 13.2. The molecular formula is C34H49N5O6Si. The number of fused-ring (bicyclic) bond motifs is 1. The van der Waals surface area contributed by atoms with Crippen molar-refractivity contribution in [3.8, 4) is 22.8 Å². The molecule has 2 amide bonds. The van der Waals surface area contributed by atoms with Gasteiger partial charge in [0, 0.05) is 38.5 Å². The van der Waals surface area contributed by atoms with E-state index in [1.165, 1.54) is 11.2 Å². The van der Waals surface area contributed by atoms with Crippen molar-refractivity contribution in [3.05, 3.63) is 35.8 Å². The zero-order chi connectivity index (χ0) is 33.4. The Kier molecular flexibility index (Phi) is 9.69. The second-order valence-corrected chi connectivity index (χ2v) is 20.5. The summed E-state index contributed by atoms with van der Waals surface area (Å²) < 4.78 is 20.1. The van der Waals surface area contributed by atoms with Gasteiger partial charge in [0.1, 0.15) is 35.8 Å². The minimum Gasteiger partial charge on any atom is -0.497 e. The molecule has 1 aliphatic carbocycles. The van der Waals surface area contributed by atoms with Crippen molar-refractivity contribution in [3.63, 3.8) is 0 Å². The van der Waals surface area contributed by atoms with Crippen LogP contribution in [-0.2, 0) is 11.5 Å². The number of hydrogen-bond acceptors (Lipinski definition) is 7. The van der Waals surface area contributed by atoms with Crippen molar-refractivity contribution in [2.75, 3.05) is 26.9 Å². The molecule has 1 saturated carbocycles. The molecule has 2 N–H and O–H groups in total. The summed E-state index contributed by atoms with van der Waals surface area (Å²) in [7, 11) is 0.306. The maximum absolute atomic E-state index is 14.2. The molecule has 1 unspecified atom stereocenters. The molecule has 250 valence electrons. The van der Waals surface area contributed by atoms with Gasteiger partial charge in [-0.3, -0.25) is 4.79 Å². The standard InChI is InChI=1S/C34H49N5O6Si/c1-21-27(32(40)37-25-13-14-38(33(41)42)31(25)34(2,3)4)29-30(39(21)20-44-15-16-46(6,7)8)28(35-19-36-29)24-12-11-23(43-5)17-26(24)45-18-22-9-10-22/h11-12,17,19,22,25,31H,9-10,13-16,18,20H2,1-8H3,(H,37,40)(H,41,42)/t25-,31?/m1/s1. The lowest BCUT2D eigenvalue weighted by Gasteiger charge is -2.37. The van der Waals surface area contributed by atoms with E-state index in [2.05, 4.69) is 29.9 Å². The van der Waals surface area contributed by atoms with Gasteiger partial charge in [-0.1, -0.05) is 40.4 Å². The molecule has 0 bridgehead atoms. The highest BCUT2D eigenvalue weighted by Crippen LogP contribution is 2.40. The van der Waals surface area contributed by atoms with Gasteiger partial charge in [-0.05, 0) is 55.7 Å². The number of methoxy groups -OCH3 is 1. The Morgan fingerprint density at radius 2 is 1.87 bits per heavy atom. The van der Waals surface area contributed by atoms with Crippen LogP contribution in [0.25, 0.3) is 22.3 Å². The first-order valence-electron chi connectivity index (χ1n) is 16.2. The number of carbonyl (C=O) groups is 2. The first-order chi connectivity index (χ1) is 21.7. The van der Waals surface area contributed by atoms with Crippen LogP contribution in [0.1, 0.15) is 56.1 Å². The average Bonchev–Trinajstić information content (AvgIpc) is 3.63. The minimum atomic E-state index is -1.32. The fourth-order valence-corrected chi connectivity index (χ4v) is 7.12. The van der Waals surface area contributed by atoms with Crippen LogP contribution >= 0.6 is 0 Å². The van der Waals surface area contributed by atoms with E-state index >= 15 is 0 Å². The molecule has 1 aliphatic heterocycles. The molecule has 1 saturated heterocycles. The number of ether oxygens (including phenoxy) is 3. The lowest BCUT2D eigenvalue weighted by Crippen LogP contribution is -2.52. The summed E-state index contributed by atoms with van der Waals surface area (Å²) in [5, 5.41) is 13.1. The molecule has 2 aromatic heterocycles. The molecule has 12 heteroatoms. The molecule has 2 fully saturated rings. The Hall–Kier alpha value is -3.64. The lowest BCUT2D eigenvalue weighted by molar-refractivity contribution is 0.0821. The van der Waals surface area contributed by atoms with Crippen molar-refractivity contribution in [2.45, 2.75) is 91.5 Å². The first kappa shape index (κ1) is 33.7. The van der Waals surface area contributed by atoms with E-state index in [1.54, 1.807) is 7.11 Å². The molecule has 46 heavy (non-hydrogen) atoms. The van der Waals surface area contributed by atoms with E-state index < -0.39 is 14.2 Å². The third kappa shape index (κ3) is 7.33. The maximum Gasteiger partial charge on any atom is 0.407 e. The highest BCUT2D eigenvalue weighted by atomic mass is 28.3. The maximum atomic E-state index is 14.2. The van der Waals surface area contributed by atoms with Crippen LogP contribution in [0.15, 0.2) is 24.5 Å². The van der Waals surface area contributed by atoms with Gasteiger partial charge >= 0.3 is 6.09 Å². The number of rotatable bonds is 12. The van der Waals surface area contributed by atoms with Gasteiger partial charge in [0.15, 0.2) is 0 Å². The second-order valence-electron chi connectivity index (χ2n) is 14.9. The predicted octanol–water partition coefficient (Wildman–Crippen LogP) is 6.41. The fourth-order valence-electron chi connectivity index (χ4n) is 6.36. The molecule has 11 nitrogen and oxygen atoms in total. The molecule has 0 spiro atoms. The van der Waals surface area contributed by atoms with Crippen LogP contribution in [0, 0.1) is 18.3 Å². The Balaban J connectivity index is 1.58. The molecule has 3 heterocycles. The van der Waals surface area contributed by atoms with Gasteiger partial charge in [-0.25, -0.2) is 14.8 Å². The van der Waals surface area contributed by atoms with Crippen molar-refractivity contribution in [2.24, 2.45) is 11.3 Å². The number of likely N-dealkylation sites (tertiary alicyclic amines) is 1. The normalized spacial score (nSPS) is 18.7. The van der Waals surface area contributed by atoms with E-state index in [1.807, 2.05) is 50.5 Å². The zero-order valence-electron chi connectivity index (χ0n) is 28.5. The van der Waals surface area contributed by atoms with Crippen LogP contribution in [0.2, 0.25) is 25.7 Å². The van der Waals surface area contributed by atoms with Crippen molar-refractivity contribution >= 4 is 31.1 Å². The summed E-state index contributed by atoms with van der Waals surface area (Å²) in [5.74, 6) is 1.60. The number of carboxylic acid groups (broad SMARTS) is 1. The largest absolute Gasteiger partial charge is 0.497 e. The van der Waals surface area contributed by atoms with Crippen LogP contribution in [-0.4, -0.2) is 83.6 Å². The smallest absolute Gasteiger partial charge is 0.407 e. The highest BCUT2D eigenvalue weighted by Gasteiger charge is 2.45. The summed E-state index contributed by atoms with van der Waals surface area (Å²) in [6, 6.07) is 5.99. The van der Waals surface area contributed by atoms with E-state index in [0.717, 1.165) is 24.4 Å². The first-order valence-corrected chi connectivity index (χ1v) is 19.9. The summed E-state index contributed by atoms with van der Waals surface area (Å²) in [4.78, 5) is 37.1. The van der Waals surface area contributed by atoms with Crippen LogP contribution in [0.3, 0.4) is 0 Å². The van der Waals surface area contributed by atoms with E-state index in [9.17, 15) is 14.7 Å². The predicted molar refractivity (Wildman–Crippen MR) is 180 cm³/mol. The molecule has 2 aliphatic rings. The van der Waals surface area contributed by atoms with E-state index in [-0.39, 0.29) is 30.1 Å². The highest BCUT2D eigenvalue weighted by molar-refractivity contribution is 6.76. The third-order valence-electron chi connectivity index (χ3n) is 9.00. The molecule has 3 aromatic rings. The summed E-state index contributed by atoms with van der Waals surface area (Å²) >= 11 is 0. The SMILES string of the molecule is COc1ccc(-c2ncnc3c(C(=O)N[C@@H]4CCN(C(=O)O)C4C(C)(C)C)c(C)n(COCC[Si](C)(C)C)c23)c(OCC2CC2)c1. The molecule has 0 radical (unpaired) electrons. The molecule has 5 rings (SSSR count). The Labute approximate surface area is 272 Å². The number of amides is 2. The van der Waals surface area contributed by atoms with Crippen LogP contribution in [0.4, 0.5) is 4.79 Å². The van der Waals surface area contributed by atoms with Gasteiger partial charge in [0.25, 0.3) is 5.91 Å². The zero-order valence-corrected chi connectivity index (χ0v) is 29.5. The molecule has 1 aromatic carbocycles. The van der Waals surface area contributed by atoms with Crippen molar-refractivity contribution < 1.29 is 28.9 Å². The Bertz CT molecular complexity index is 1590. The number of carbonyl (C=O) groups excluding carboxylic acids is 1. The quantitative estimate of drug-likeness (QED) is 0.170. The van der Waals surface area contributed by atoms with Gasteiger partial charge in [-0.2, -0.15) is 0 Å². The number of aromatic nitrogens is 3. The van der Waals surface area contributed by atoms with Crippen molar-refractivity contribution in [1.82, 2.24) is 24.8 Å². The topological polar surface area (TPSA) is 128 Å². The van der Waals surface area contributed by atoms with Gasteiger partial charge in [0.2, 0.25) is 0 Å². The summed E-state index contributed by atoms with van der Waals surface area (Å²) in [6.45, 7) is 16.7. The molecule has 2 atom stereocenters.